The first-order chi connectivity index (χ1) is 8.57. The van der Waals surface area contributed by atoms with E-state index >= 15 is 0 Å². The van der Waals surface area contributed by atoms with Crippen LogP contribution in [0, 0.1) is 5.82 Å². The maximum atomic E-state index is 12.6. The Labute approximate surface area is 111 Å². The van der Waals surface area contributed by atoms with Gasteiger partial charge in [-0.05, 0) is 45.0 Å². The van der Waals surface area contributed by atoms with Gasteiger partial charge in [0.05, 0.1) is 5.69 Å². The fraction of sp³-hybridized carbons (Fsp3) is 0.364. The Kier molecular flexibility index (Phi) is 4.35. The van der Waals surface area contributed by atoms with Crippen LogP contribution in [0.15, 0.2) is 24.3 Å². The van der Waals surface area contributed by atoms with Gasteiger partial charge in [0, 0.05) is 0 Å². The van der Waals surface area contributed by atoms with Gasteiger partial charge in [0.2, 0.25) is 0 Å². The van der Waals surface area contributed by atoms with E-state index in [1.54, 1.807) is 25.5 Å². The van der Waals surface area contributed by atoms with Crippen LogP contribution in [0.4, 0.5) is 14.9 Å². The zero-order valence-corrected chi connectivity index (χ0v) is 11.5. The molecule has 0 aliphatic heterocycles. The van der Waals surface area contributed by atoms with Crippen LogP contribution in [-0.4, -0.2) is 20.1 Å². The van der Waals surface area contributed by atoms with Gasteiger partial charge in [-0.3, -0.25) is 4.72 Å². The van der Waals surface area contributed by atoms with Crippen molar-refractivity contribution >= 4 is 22.0 Å². The van der Waals surface area contributed by atoms with Gasteiger partial charge in [-0.15, -0.1) is 0 Å². The molecule has 0 aliphatic carbocycles. The lowest BCUT2D eigenvalue weighted by atomic mass is 10.2. The second-order valence-corrected chi connectivity index (χ2v) is 6.13. The summed E-state index contributed by atoms with van der Waals surface area (Å²) in [6.45, 7) is 4.81. The second kappa shape index (κ2) is 5.43. The van der Waals surface area contributed by atoms with Crippen molar-refractivity contribution < 1.29 is 22.3 Å². The molecule has 19 heavy (non-hydrogen) atoms. The standard InChI is InChI=1S/C11H15FN2O4S/c1-11(2,3)18-10(15)14-19(16,17)13-9-6-4-8(12)5-7-9/h4-7,13H,1-3H3,(H,14,15). The summed E-state index contributed by atoms with van der Waals surface area (Å²) in [5.41, 5.74) is -0.687. The van der Waals surface area contributed by atoms with Crippen molar-refractivity contribution in [3.63, 3.8) is 0 Å². The Morgan fingerprint density at radius 2 is 1.74 bits per heavy atom. The van der Waals surface area contributed by atoms with E-state index in [4.69, 9.17) is 4.74 Å². The lowest BCUT2D eigenvalue weighted by Gasteiger charge is -2.19. The highest BCUT2D eigenvalue weighted by Gasteiger charge is 2.21. The maximum absolute atomic E-state index is 12.6. The summed E-state index contributed by atoms with van der Waals surface area (Å²) in [5.74, 6) is -0.497. The minimum atomic E-state index is -4.12. The van der Waals surface area contributed by atoms with Crippen molar-refractivity contribution in [3.05, 3.63) is 30.1 Å². The number of halogens is 1. The van der Waals surface area contributed by atoms with Gasteiger partial charge in [0.25, 0.3) is 0 Å². The number of hydrogen-bond donors (Lipinski definition) is 2. The number of nitrogens with one attached hydrogen (secondary N) is 2. The van der Waals surface area contributed by atoms with Gasteiger partial charge >= 0.3 is 16.3 Å². The van der Waals surface area contributed by atoms with Crippen molar-refractivity contribution in [3.8, 4) is 0 Å². The third-order valence-corrected chi connectivity index (χ3v) is 2.65. The average Bonchev–Trinajstić information content (AvgIpc) is 2.17. The SMILES string of the molecule is CC(C)(C)OC(=O)NS(=O)(=O)Nc1ccc(F)cc1. The van der Waals surface area contributed by atoms with Crippen LogP contribution in [0.3, 0.4) is 0 Å². The smallest absolute Gasteiger partial charge is 0.422 e. The van der Waals surface area contributed by atoms with Crippen LogP contribution >= 0.6 is 0 Å². The highest BCUT2D eigenvalue weighted by Crippen LogP contribution is 2.10. The summed E-state index contributed by atoms with van der Waals surface area (Å²) < 4.78 is 44.3. The summed E-state index contributed by atoms with van der Waals surface area (Å²) in [4.78, 5) is 11.3. The van der Waals surface area contributed by atoms with E-state index in [1.165, 1.54) is 12.1 Å². The molecule has 0 aromatic heterocycles. The quantitative estimate of drug-likeness (QED) is 0.891. The number of amides is 1. The molecule has 1 rings (SSSR count). The van der Waals surface area contributed by atoms with E-state index in [0.29, 0.717) is 0 Å². The number of rotatable bonds is 3. The first-order valence-corrected chi connectivity index (χ1v) is 6.85. The van der Waals surface area contributed by atoms with Crippen molar-refractivity contribution in [2.24, 2.45) is 0 Å². The van der Waals surface area contributed by atoms with E-state index in [-0.39, 0.29) is 5.69 Å². The molecule has 0 spiro atoms. The molecular weight excluding hydrogens is 275 g/mol. The fourth-order valence-electron chi connectivity index (χ4n) is 1.11. The molecule has 0 radical (unpaired) electrons. The highest BCUT2D eigenvalue weighted by molar-refractivity contribution is 7.91. The van der Waals surface area contributed by atoms with Gasteiger partial charge in [-0.2, -0.15) is 8.42 Å². The van der Waals surface area contributed by atoms with Crippen LogP contribution in [-0.2, 0) is 14.9 Å². The third kappa shape index (κ3) is 6.05. The fourth-order valence-corrected chi connectivity index (χ4v) is 1.87. The van der Waals surface area contributed by atoms with E-state index in [1.807, 2.05) is 0 Å². The number of carbonyl (C=O) groups excluding carboxylic acids is 1. The molecule has 0 saturated heterocycles. The molecule has 8 heteroatoms. The maximum Gasteiger partial charge on any atom is 0.422 e. The highest BCUT2D eigenvalue weighted by atomic mass is 32.2. The number of benzene rings is 1. The van der Waals surface area contributed by atoms with Crippen LogP contribution in [0.25, 0.3) is 0 Å². The Hall–Kier alpha value is -1.83. The minimum Gasteiger partial charge on any atom is -0.443 e. The van der Waals surface area contributed by atoms with Gasteiger partial charge in [-0.25, -0.2) is 13.9 Å². The number of hydrogen-bond acceptors (Lipinski definition) is 4. The predicted molar refractivity (Wildman–Crippen MR) is 68.3 cm³/mol. The Morgan fingerprint density at radius 1 is 1.21 bits per heavy atom. The summed E-state index contributed by atoms with van der Waals surface area (Å²) in [5, 5.41) is 0. The van der Waals surface area contributed by atoms with Gasteiger partial charge in [-0.1, -0.05) is 0 Å². The van der Waals surface area contributed by atoms with Crippen LogP contribution in [0.5, 0.6) is 0 Å². The van der Waals surface area contributed by atoms with E-state index < -0.39 is 27.7 Å². The van der Waals surface area contributed by atoms with Crippen molar-refractivity contribution in [2.45, 2.75) is 26.4 Å². The van der Waals surface area contributed by atoms with E-state index in [0.717, 1.165) is 12.1 Å². The first kappa shape index (κ1) is 15.2. The molecule has 2 N–H and O–H groups in total. The molecule has 0 saturated carbocycles. The molecule has 0 fully saturated rings. The first-order valence-electron chi connectivity index (χ1n) is 5.36. The van der Waals surface area contributed by atoms with Gasteiger partial charge in [0.15, 0.2) is 0 Å². The number of carbonyl (C=O) groups is 1. The van der Waals surface area contributed by atoms with Gasteiger partial charge < -0.3 is 4.74 Å². The third-order valence-electron chi connectivity index (χ3n) is 1.71. The summed E-state index contributed by atoms with van der Waals surface area (Å²) >= 11 is 0. The molecule has 0 atom stereocenters. The molecule has 0 heterocycles. The van der Waals surface area contributed by atoms with Gasteiger partial charge in [0.1, 0.15) is 11.4 Å². The van der Waals surface area contributed by atoms with Crippen molar-refractivity contribution in [1.82, 2.24) is 4.72 Å². The summed E-state index contributed by atoms with van der Waals surface area (Å²) in [6.07, 6.45) is -1.10. The predicted octanol–water partition coefficient (Wildman–Crippen LogP) is 2.01. The zero-order chi connectivity index (χ0) is 14.7. The van der Waals surface area contributed by atoms with E-state index in [2.05, 4.69) is 4.72 Å². The molecular formula is C11H15FN2O4S. The topological polar surface area (TPSA) is 84.5 Å². The molecule has 0 unspecified atom stereocenters. The van der Waals surface area contributed by atoms with Crippen LogP contribution in [0.2, 0.25) is 0 Å². The Bertz CT molecular complexity index is 549. The number of anilines is 1. The Morgan fingerprint density at radius 3 is 2.21 bits per heavy atom. The minimum absolute atomic E-state index is 0.123. The zero-order valence-electron chi connectivity index (χ0n) is 10.7. The average molecular weight is 290 g/mol. The molecule has 0 bridgehead atoms. The molecule has 1 amide bonds. The normalized spacial score (nSPS) is 11.8. The molecule has 106 valence electrons. The molecule has 6 nitrogen and oxygen atoms in total. The lowest BCUT2D eigenvalue weighted by molar-refractivity contribution is 0.0570. The Balaban J connectivity index is 2.67. The lowest BCUT2D eigenvalue weighted by Crippen LogP contribution is -2.39. The van der Waals surface area contributed by atoms with Crippen LogP contribution < -0.4 is 9.44 Å². The molecule has 0 aliphatic rings. The van der Waals surface area contributed by atoms with Crippen LogP contribution in [0.1, 0.15) is 20.8 Å². The van der Waals surface area contributed by atoms with Crippen molar-refractivity contribution in [1.29, 1.82) is 0 Å². The van der Waals surface area contributed by atoms with E-state index in [9.17, 15) is 17.6 Å². The second-order valence-electron chi connectivity index (χ2n) is 4.72. The molecule has 1 aromatic rings. The molecule has 1 aromatic carbocycles. The summed E-state index contributed by atoms with van der Waals surface area (Å²) in [7, 11) is -4.12. The monoisotopic (exact) mass is 290 g/mol. The van der Waals surface area contributed by atoms with Crippen molar-refractivity contribution in [2.75, 3.05) is 4.72 Å². The largest absolute Gasteiger partial charge is 0.443 e. The summed E-state index contributed by atoms with van der Waals surface area (Å²) in [6, 6.07) is 4.63. The number of ether oxygens (including phenoxy) is 1.